The highest BCUT2D eigenvalue weighted by Crippen LogP contribution is 2.36. The predicted molar refractivity (Wildman–Crippen MR) is 192 cm³/mol. The summed E-state index contributed by atoms with van der Waals surface area (Å²) in [5, 5.41) is 9.17. The van der Waals surface area contributed by atoms with Crippen molar-refractivity contribution in [2.75, 3.05) is 39.6 Å². The zero-order valence-corrected chi connectivity index (χ0v) is 31.3. The van der Waals surface area contributed by atoms with E-state index in [-0.39, 0.29) is 5.91 Å². The fourth-order valence-corrected chi connectivity index (χ4v) is 6.57. The number of rotatable bonds is 13. The van der Waals surface area contributed by atoms with Gasteiger partial charge in [-0.15, -0.1) is 12.8 Å². The number of thioether (sulfide) groups is 1. The van der Waals surface area contributed by atoms with Crippen molar-refractivity contribution in [3.63, 3.8) is 0 Å². The number of methoxy groups -OCH3 is 2. The van der Waals surface area contributed by atoms with Crippen molar-refractivity contribution in [1.82, 2.24) is 24.9 Å². The van der Waals surface area contributed by atoms with E-state index in [9.17, 15) is 9.59 Å². The number of aromatic nitrogens is 2. The number of nitrogens with one attached hydrogen (secondary N) is 1. The molecule has 0 aliphatic carbocycles. The van der Waals surface area contributed by atoms with E-state index in [2.05, 4.69) is 36.3 Å². The molecule has 1 aliphatic rings. The third kappa shape index (κ3) is 10.5. The molecule has 1 aliphatic heterocycles. The number of amides is 2. The summed E-state index contributed by atoms with van der Waals surface area (Å²) in [6.45, 7) is 20.5. The lowest BCUT2D eigenvalue weighted by Crippen LogP contribution is -2.59. The maximum absolute atomic E-state index is 13.2. The molecule has 10 heteroatoms. The molecule has 46 heavy (non-hydrogen) atoms. The fraction of sp³-hybridized carbons (Fsp3) is 0.583. The number of hydrogen-bond acceptors (Lipinski definition) is 7. The molecule has 2 heterocycles. The Morgan fingerprint density at radius 3 is 2.13 bits per heavy atom. The molecule has 3 rings (SSSR count). The number of carbonyl (C=O) groups is 2. The van der Waals surface area contributed by atoms with E-state index in [4.69, 9.17) is 9.47 Å². The van der Waals surface area contributed by atoms with Crippen molar-refractivity contribution in [1.29, 1.82) is 0 Å². The van der Waals surface area contributed by atoms with E-state index in [0.717, 1.165) is 57.4 Å². The summed E-state index contributed by atoms with van der Waals surface area (Å²) < 4.78 is 12.9. The Bertz CT molecular complexity index is 1260. The molecule has 1 N–H and O–H groups in total. The molecule has 0 radical (unpaired) electrons. The first-order valence-electron chi connectivity index (χ1n) is 16.3. The Morgan fingerprint density at radius 2 is 1.67 bits per heavy atom. The molecule has 0 spiro atoms. The highest BCUT2D eigenvalue weighted by molar-refractivity contribution is 8.00. The second kappa shape index (κ2) is 22.0. The molecule has 0 atom stereocenters. The van der Waals surface area contributed by atoms with E-state index in [1.165, 1.54) is 11.8 Å². The van der Waals surface area contributed by atoms with Gasteiger partial charge in [0.1, 0.15) is 11.5 Å². The fourth-order valence-electron chi connectivity index (χ4n) is 5.53. The summed E-state index contributed by atoms with van der Waals surface area (Å²) >= 11 is 1.54. The molecule has 258 valence electrons. The molecule has 2 aromatic rings. The second-order valence-corrected chi connectivity index (χ2v) is 11.2. The zero-order chi connectivity index (χ0) is 35.4. The molecule has 1 aromatic carbocycles. The average molecular weight is 658 g/mol. The maximum Gasteiger partial charge on any atom is 0.232 e. The average Bonchev–Trinajstić information content (AvgIpc) is 3.34. The van der Waals surface area contributed by atoms with Crippen LogP contribution in [0.2, 0.25) is 0 Å². The molecule has 0 bridgehead atoms. The van der Waals surface area contributed by atoms with Gasteiger partial charge in [0.2, 0.25) is 12.3 Å². The number of likely N-dealkylation sites (tertiary alicyclic amines) is 1. The number of carbonyl (C=O) groups excluding carboxylic acids is 2. The van der Waals surface area contributed by atoms with Gasteiger partial charge in [0, 0.05) is 50.6 Å². The number of hydrogen-bond donors (Lipinski definition) is 1. The van der Waals surface area contributed by atoms with Gasteiger partial charge < -0.3 is 24.6 Å². The van der Waals surface area contributed by atoms with Gasteiger partial charge in [0.25, 0.3) is 0 Å². The van der Waals surface area contributed by atoms with E-state index in [1.54, 1.807) is 14.2 Å². The molecule has 9 nitrogen and oxygen atoms in total. The molecule has 1 saturated heterocycles. The number of nitrogens with zero attached hydrogens (tertiary/aromatic N) is 4. The minimum atomic E-state index is -0.511. The van der Waals surface area contributed by atoms with Gasteiger partial charge in [-0.3, -0.25) is 14.3 Å². The van der Waals surface area contributed by atoms with Crippen LogP contribution in [-0.2, 0) is 23.2 Å². The number of piperidine rings is 1. The van der Waals surface area contributed by atoms with Crippen molar-refractivity contribution < 1.29 is 19.1 Å². The van der Waals surface area contributed by atoms with Crippen LogP contribution in [0.4, 0.5) is 0 Å². The minimum absolute atomic E-state index is 0.110. The molecular weight excluding hydrogens is 598 g/mol. The van der Waals surface area contributed by atoms with Crippen LogP contribution in [0, 0.1) is 33.6 Å². The topological polar surface area (TPSA) is 88.9 Å². The first-order chi connectivity index (χ1) is 22.1. The Labute approximate surface area is 283 Å². The van der Waals surface area contributed by atoms with Gasteiger partial charge in [-0.25, -0.2) is 0 Å². The second-order valence-electron chi connectivity index (χ2n) is 10.2. The largest absolute Gasteiger partial charge is 0.497 e. The van der Waals surface area contributed by atoms with Gasteiger partial charge in [0.05, 0.1) is 36.2 Å². The van der Waals surface area contributed by atoms with Crippen LogP contribution in [-0.4, -0.2) is 77.0 Å². The van der Waals surface area contributed by atoms with Gasteiger partial charge in [0.15, 0.2) is 0 Å². The zero-order valence-electron chi connectivity index (χ0n) is 30.5. The van der Waals surface area contributed by atoms with Crippen LogP contribution in [0.5, 0.6) is 11.5 Å². The highest BCUT2D eigenvalue weighted by Gasteiger charge is 2.43. The van der Waals surface area contributed by atoms with Crippen LogP contribution >= 0.6 is 11.8 Å². The summed E-state index contributed by atoms with van der Waals surface area (Å²) in [5.41, 5.74) is 4.72. The first-order valence-corrected chi connectivity index (χ1v) is 17.3. The Balaban J connectivity index is 0.00000318. The van der Waals surface area contributed by atoms with E-state index >= 15 is 0 Å². The van der Waals surface area contributed by atoms with Crippen molar-refractivity contribution in [3.8, 4) is 24.3 Å². The highest BCUT2D eigenvalue weighted by atomic mass is 32.2. The minimum Gasteiger partial charge on any atom is -0.497 e. The molecule has 0 unspecified atom stereocenters. The Morgan fingerprint density at radius 1 is 1.07 bits per heavy atom. The number of ether oxygens (including phenoxy) is 2. The summed E-state index contributed by atoms with van der Waals surface area (Å²) in [5.74, 6) is 1.99. The van der Waals surface area contributed by atoms with E-state index < -0.39 is 5.54 Å². The van der Waals surface area contributed by atoms with Gasteiger partial charge in [-0.1, -0.05) is 52.5 Å². The molecule has 0 saturated carbocycles. The van der Waals surface area contributed by atoms with Crippen LogP contribution in [0.1, 0.15) is 83.2 Å². The summed E-state index contributed by atoms with van der Waals surface area (Å²) in [7, 11) is 5.22. The van der Waals surface area contributed by atoms with Crippen molar-refractivity contribution >= 4 is 24.1 Å². The lowest BCUT2D eigenvalue weighted by Gasteiger charge is -2.48. The summed E-state index contributed by atoms with van der Waals surface area (Å²) in [6, 6.07) is 3.90. The van der Waals surface area contributed by atoms with Crippen LogP contribution in [0.3, 0.4) is 0 Å². The third-order valence-corrected chi connectivity index (χ3v) is 9.26. The lowest BCUT2D eigenvalue weighted by molar-refractivity contribution is -0.132. The van der Waals surface area contributed by atoms with Crippen molar-refractivity contribution in [2.45, 2.75) is 98.7 Å². The SMILES string of the molecule is C#C.CC.CC.CC/C=C(\NCc1cc(OC)cc(OC)c1C)C1(N(C=O)CC)CCN(C(=O)CSc2c(C)c(C)nn2C)CC1. The van der Waals surface area contributed by atoms with Gasteiger partial charge >= 0.3 is 0 Å². The Kier molecular flexibility index (Phi) is 20.3. The van der Waals surface area contributed by atoms with E-state index in [0.29, 0.717) is 44.8 Å². The van der Waals surface area contributed by atoms with Gasteiger partial charge in [-0.05, 0) is 64.2 Å². The molecular formula is C36H59N5O4S. The number of aryl methyl sites for hydroxylation is 2. The van der Waals surface area contributed by atoms with Crippen molar-refractivity contribution in [3.05, 3.63) is 46.3 Å². The summed E-state index contributed by atoms with van der Waals surface area (Å²) in [4.78, 5) is 29.4. The van der Waals surface area contributed by atoms with Crippen LogP contribution in [0.25, 0.3) is 0 Å². The Hall–Kier alpha value is -3.58. The molecule has 1 aromatic heterocycles. The monoisotopic (exact) mass is 657 g/mol. The predicted octanol–water partition coefficient (Wildman–Crippen LogP) is 6.68. The third-order valence-electron chi connectivity index (χ3n) is 8.03. The maximum atomic E-state index is 13.2. The number of allylic oxidation sites excluding steroid dienone is 1. The van der Waals surface area contributed by atoms with Gasteiger partial charge in [-0.2, -0.15) is 5.10 Å². The standard InChI is InChI=1S/C30H45N5O4S.2C2H6.C2H2/c1-9-11-27(31-18-24-16-25(38-7)17-26(39-8)22(24)4)30(35(10-2)20-36)12-14-34(15-13-30)28(37)19-40-29-21(3)23(5)32-33(29)6;3*1-2/h11,16-17,20,31H,9-10,12-15,18-19H2,1-8H3;2*1-2H3;1-2H/b27-11-;;;. The van der Waals surface area contributed by atoms with Crippen molar-refractivity contribution in [2.24, 2.45) is 7.05 Å². The number of likely N-dealkylation sites (N-methyl/N-ethyl adjacent to an activating group) is 1. The number of terminal acetylenes is 1. The normalized spacial score (nSPS) is 13.4. The van der Waals surface area contributed by atoms with Crippen LogP contribution in [0.15, 0.2) is 28.9 Å². The quantitative estimate of drug-likeness (QED) is 0.146. The number of benzene rings is 1. The molecule has 2 amide bonds. The smallest absolute Gasteiger partial charge is 0.232 e. The lowest BCUT2D eigenvalue weighted by atomic mass is 9.81. The van der Waals surface area contributed by atoms with E-state index in [1.807, 2.05) is 89.1 Å². The summed E-state index contributed by atoms with van der Waals surface area (Å²) in [6.07, 6.45) is 13.3. The van der Waals surface area contributed by atoms with Crippen LogP contribution < -0.4 is 14.8 Å². The molecule has 1 fully saturated rings. The first kappa shape index (κ1) is 42.4.